The zero-order chi connectivity index (χ0) is 12.2. The van der Waals surface area contributed by atoms with Gasteiger partial charge in [-0.3, -0.25) is 14.3 Å². The van der Waals surface area contributed by atoms with E-state index in [1.165, 1.54) is 10.8 Å². The van der Waals surface area contributed by atoms with Gasteiger partial charge >= 0.3 is 5.69 Å². The van der Waals surface area contributed by atoms with Gasteiger partial charge < -0.3 is 14.6 Å². The Kier molecular flexibility index (Phi) is 2.22. The van der Waals surface area contributed by atoms with Gasteiger partial charge in [-0.15, -0.1) is 0 Å². The summed E-state index contributed by atoms with van der Waals surface area (Å²) in [4.78, 5) is 25.1. The fraction of sp³-hybridized carbons (Fsp3) is 0.600. The molecular formula is C10H12N2O5. The van der Waals surface area contributed by atoms with Gasteiger partial charge in [-0.05, 0) is 6.92 Å². The number of epoxide rings is 1. The molecule has 7 nitrogen and oxygen atoms in total. The van der Waals surface area contributed by atoms with Crippen LogP contribution < -0.4 is 11.2 Å². The van der Waals surface area contributed by atoms with E-state index in [9.17, 15) is 9.59 Å². The van der Waals surface area contributed by atoms with Crippen LogP contribution in [0.25, 0.3) is 0 Å². The van der Waals surface area contributed by atoms with E-state index < -0.39 is 23.6 Å². The quantitative estimate of drug-likeness (QED) is 0.613. The predicted molar refractivity (Wildman–Crippen MR) is 55.7 cm³/mol. The second kappa shape index (κ2) is 3.52. The Morgan fingerprint density at radius 2 is 2.18 bits per heavy atom. The topological polar surface area (TPSA) is 96.8 Å². The third-order valence-electron chi connectivity index (χ3n) is 3.12. The number of hydrogen-bond donors (Lipinski definition) is 2. The number of fused-ring (bicyclic) bond motifs is 1. The molecule has 3 rings (SSSR count). The minimum absolute atomic E-state index is 0.144. The second-order valence-corrected chi connectivity index (χ2v) is 4.29. The molecule has 0 bridgehead atoms. The molecule has 3 heterocycles. The van der Waals surface area contributed by atoms with Gasteiger partial charge in [0.2, 0.25) is 0 Å². The summed E-state index contributed by atoms with van der Waals surface area (Å²) in [5.41, 5.74) is -0.507. The zero-order valence-electron chi connectivity index (χ0n) is 9.12. The Labute approximate surface area is 95.6 Å². The molecule has 7 heteroatoms. The molecule has 2 saturated heterocycles. The Balaban J connectivity index is 1.98. The van der Waals surface area contributed by atoms with Crippen LogP contribution in [-0.2, 0) is 9.47 Å². The Morgan fingerprint density at radius 3 is 2.82 bits per heavy atom. The third-order valence-corrected chi connectivity index (χ3v) is 3.12. The number of aromatic nitrogens is 2. The highest BCUT2D eigenvalue weighted by Crippen LogP contribution is 2.43. The summed E-state index contributed by atoms with van der Waals surface area (Å²) in [6.45, 7) is 1.47. The molecule has 2 N–H and O–H groups in total. The lowest BCUT2D eigenvalue weighted by Gasteiger charge is -2.18. The van der Waals surface area contributed by atoms with Gasteiger partial charge in [0, 0.05) is 11.8 Å². The van der Waals surface area contributed by atoms with Crippen LogP contribution in [0.5, 0.6) is 0 Å². The largest absolute Gasteiger partial charge is 0.394 e. The van der Waals surface area contributed by atoms with Crippen LogP contribution in [0.1, 0.15) is 11.8 Å². The smallest absolute Gasteiger partial charge is 0.330 e. The number of ether oxygens (including phenoxy) is 2. The van der Waals surface area contributed by atoms with Crippen molar-refractivity contribution in [1.29, 1.82) is 0 Å². The molecule has 2 fully saturated rings. The van der Waals surface area contributed by atoms with Crippen LogP contribution in [0.4, 0.5) is 0 Å². The van der Waals surface area contributed by atoms with E-state index in [0.29, 0.717) is 5.56 Å². The van der Waals surface area contributed by atoms with Crippen molar-refractivity contribution in [2.75, 3.05) is 6.61 Å². The first-order valence-corrected chi connectivity index (χ1v) is 5.35. The lowest BCUT2D eigenvalue weighted by atomic mass is 10.2. The number of hydrogen-bond acceptors (Lipinski definition) is 5. The van der Waals surface area contributed by atoms with Crippen LogP contribution in [0, 0.1) is 6.92 Å². The highest BCUT2D eigenvalue weighted by Gasteiger charge is 2.58. The summed E-state index contributed by atoms with van der Waals surface area (Å²) in [5, 5.41) is 9.05. The van der Waals surface area contributed by atoms with Gasteiger partial charge in [0.25, 0.3) is 5.56 Å². The van der Waals surface area contributed by atoms with Gasteiger partial charge in [-0.25, -0.2) is 4.79 Å². The molecule has 4 atom stereocenters. The van der Waals surface area contributed by atoms with Gasteiger partial charge in [0.05, 0.1) is 6.61 Å². The number of aliphatic hydroxyl groups excluding tert-OH is 1. The van der Waals surface area contributed by atoms with Gasteiger partial charge in [0.1, 0.15) is 18.3 Å². The summed E-state index contributed by atoms with van der Waals surface area (Å²) in [5.74, 6) is 0. The third kappa shape index (κ3) is 1.54. The van der Waals surface area contributed by atoms with Crippen molar-refractivity contribution in [3.8, 4) is 0 Å². The van der Waals surface area contributed by atoms with Gasteiger partial charge in [-0.1, -0.05) is 0 Å². The van der Waals surface area contributed by atoms with Crippen LogP contribution in [0.15, 0.2) is 15.8 Å². The number of aryl methyl sites for hydroxylation is 1. The maximum absolute atomic E-state index is 11.6. The van der Waals surface area contributed by atoms with Gasteiger partial charge in [-0.2, -0.15) is 0 Å². The predicted octanol–water partition coefficient (Wildman–Crippen LogP) is -1.50. The molecule has 0 unspecified atom stereocenters. The average Bonchev–Trinajstić information content (AvgIpc) is 3.00. The lowest BCUT2D eigenvalue weighted by molar-refractivity contribution is -0.0857. The van der Waals surface area contributed by atoms with E-state index in [1.807, 2.05) is 0 Å². The van der Waals surface area contributed by atoms with E-state index in [1.54, 1.807) is 6.92 Å². The molecule has 17 heavy (non-hydrogen) atoms. The summed E-state index contributed by atoms with van der Waals surface area (Å²) in [6.07, 6.45) is 0.119. The van der Waals surface area contributed by atoms with E-state index >= 15 is 0 Å². The molecule has 2 aliphatic rings. The SMILES string of the molecule is Cc1cn([C@H]2O[C@@H](CO)[C@H]3O[C@H]32)c(=O)[nH]c1=O. The highest BCUT2D eigenvalue weighted by atomic mass is 16.7. The van der Waals surface area contributed by atoms with Gasteiger partial charge in [0.15, 0.2) is 6.23 Å². The van der Waals surface area contributed by atoms with Crippen molar-refractivity contribution in [2.24, 2.45) is 0 Å². The molecule has 0 spiro atoms. The fourth-order valence-corrected chi connectivity index (χ4v) is 2.14. The second-order valence-electron chi connectivity index (χ2n) is 4.29. The molecule has 0 saturated carbocycles. The maximum atomic E-state index is 11.6. The number of aliphatic hydroxyl groups is 1. The van der Waals surface area contributed by atoms with Crippen molar-refractivity contribution in [3.05, 3.63) is 32.6 Å². The number of nitrogens with zero attached hydrogens (tertiary/aromatic N) is 1. The Hall–Kier alpha value is -1.44. The number of aromatic amines is 1. The van der Waals surface area contributed by atoms with E-state index in [-0.39, 0.29) is 18.8 Å². The van der Waals surface area contributed by atoms with Crippen molar-refractivity contribution >= 4 is 0 Å². The summed E-state index contributed by atoms with van der Waals surface area (Å²) in [6, 6.07) is 0. The first kappa shape index (κ1) is 10.7. The minimum Gasteiger partial charge on any atom is -0.394 e. The lowest BCUT2D eigenvalue weighted by Crippen LogP contribution is -2.35. The number of H-pyrrole nitrogens is 1. The van der Waals surface area contributed by atoms with Crippen molar-refractivity contribution < 1.29 is 14.6 Å². The summed E-state index contributed by atoms with van der Waals surface area (Å²) >= 11 is 0. The molecule has 92 valence electrons. The normalized spacial score (nSPS) is 34.7. The monoisotopic (exact) mass is 240 g/mol. The molecule has 0 aliphatic carbocycles. The molecular weight excluding hydrogens is 228 g/mol. The summed E-state index contributed by atoms with van der Waals surface area (Å²) < 4.78 is 12.1. The van der Waals surface area contributed by atoms with E-state index in [4.69, 9.17) is 14.6 Å². The molecule has 0 radical (unpaired) electrons. The molecule has 0 aromatic carbocycles. The molecule has 1 aromatic heterocycles. The molecule has 1 aromatic rings. The minimum atomic E-state index is -0.569. The number of nitrogens with one attached hydrogen (secondary N) is 1. The van der Waals surface area contributed by atoms with E-state index in [2.05, 4.69) is 4.98 Å². The standard InChI is InChI=1S/C10H12N2O5/c1-4-2-12(10(15)11-8(4)14)9-7-6(17-7)5(3-13)16-9/h2,5-7,9,13H,3H2,1H3,(H,11,14,15)/t5-,6+,7+,9-/m0/s1. The average molecular weight is 240 g/mol. The Bertz CT molecular complexity index is 563. The van der Waals surface area contributed by atoms with E-state index in [0.717, 1.165) is 0 Å². The fourth-order valence-electron chi connectivity index (χ4n) is 2.14. The number of rotatable bonds is 2. The maximum Gasteiger partial charge on any atom is 0.330 e. The van der Waals surface area contributed by atoms with Crippen LogP contribution >= 0.6 is 0 Å². The molecule has 0 amide bonds. The summed E-state index contributed by atoms with van der Waals surface area (Å²) in [7, 11) is 0. The van der Waals surface area contributed by atoms with Crippen LogP contribution in [0.2, 0.25) is 0 Å². The van der Waals surface area contributed by atoms with Crippen LogP contribution in [0.3, 0.4) is 0 Å². The Morgan fingerprint density at radius 1 is 1.41 bits per heavy atom. The van der Waals surface area contributed by atoms with Crippen molar-refractivity contribution in [3.63, 3.8) is 0 Å². The first-order valence-electron chi connectivity index (χ1n) is 5.35. The van der Waals surface area contributed by atoms with Crippen LogP contribution in [-0.4, -0.2) is 39.6 Å². The van der Waals surface area contributed by atoms with Crippen molar-refractivity contribution in [1.82, 2.24) is 9.55 Å². The first-order chi connectivity index (χ1) is 8.11. The zero-order valence-corrected chi connectivity index (χ0v) is 9.12. The molecule has 2 aliphatic heterocycles. The van der Waals surface area contributed by atoms with Crippen molar-refractivity contribution in [2.45, 2.75) is 31.5 Å². The highest BCUT2D eigenvalue weighted by molar-refractivity contribution is 5.06.